The number of aliphatic hydroxyl groups is 2. The summed E-state index contributed by atoms with van der Waals surface area (Å²) in [5, 5.41) is 24.6. The zero-order chi connectivity index (χ0) is 8.04. The van der Waals surface area contributed by atoms with Gasteiger partial charge in [-0.3, -0.25) is 0 Å². The Balaban J connectivity index is 3.34. The van der Waals surface area contributed by atoms with Crippen LogP contribution >= 0.6 is 0 Å². The van der Waals surface area contributed by atoms with E-state index in [0.29, 0.717) is 6.54 Å². The molecule has 0 bridgehead atoms. The smallest absolute Gasteiger partial charge is 0.0881 e. The van der Waals surface area contributed by atoms with Gasteiger partial charge < -0.3 is 10.2 Å². The van der Waals surface area contributed by atoms with E-state index in [4.69, 9.17) is 10.2 Å². The van der Waals surface area contributed by atoms with Crippen LogP contribution in [0.1, 0.15) is 13.8 Å². The summed E-state index contributed by atoms with van der Waals surface area (Å²) < 4.78 is 0. The Morgan fingerprint density at radius 3 is 2.30 bits per heavy atom. The molecule has 10 heavy (non-hydrogen) atoms. The summed E-state index contributed by atoms with van der Waals surface area (Å²) in [6, 6.07) is 0. The predicted molar refractivity (Wildman–Crippen MR) is 38.0 cm³/mol. The lowest BCUT2D eigenvalue weighted by molar-refractivity contribution is 0.0884. The van der Waals surface area contributed by atoms with E-state index in [2.05, 4.69) is 10.2 Å². The van der Waals surface area contributed by atoms with Crippen LogP contribution in [-0.2, 0) is 0 Å². The standard InChI is InChI=1S/C6H14N2O2/c1-6(2,10)5-8-7-3-4-9/h9-10H,3-5H2,1-2H3. The van der Waals surface area contributed by atoms with Crippen LogP contribution < -0.4 is 0 Å². The summed E-state index contributed by atoms with van der Waals surface area (Å²) in [7, 11) is 0. The fourth-order valence-electron chi connectivity index (χ4n) is 0.338. The lowest BCUT2D eigenvalue weighted by Gasteiger charge is -2.11. The lowest BCUT2D eigenvalue weighted by Crippen LogP contribution is -2.22. The van der Waals surface area contributed by atoms with Gasteiger partial charge in [-0.05, 0) is 13.8 Å². The van der Waals surface area contributed by atoms with Crippen molar-refractivity contribution in [2.75, 3.05) is 19.7 Å². The van der Waals surface area contributed by atoms with Gasteiger partial charge in [-0.2, -0.15) is 10.2 Å². The minimum Gasteiger partial charge on any atom is -0.394 e. The van der Waals surface area contributed by atoms with E-state index in [1.807, 2.05) is 0 Å². The number of aliphatic hydroxyl groups excluding tert-OH is 1. The van der Waals surface area contributed by atoms with Gasteiger partial charge in [0.1, 0.15) is 0 Å². The van der Waals surface area contributed by atoms with E-state index < -0.39 is 5.60 Å². The summed E-state index contributed by atoms with van der Waals surface area (Å²) in [6.45, 7) is 3.92. The van der Waals surface area contributed by atoms with Crippen molar-refractivity contribution in [2.24, 2.45) is 10.2 Å². The Bertz CT molecular complexity index is 107. The molecule has 0 aliphatic heterocycles. The molecule has 4 nitrogen and oxygen atoms in total. The minimum atomic E-state index is -0.793. The summed E-state index contributed by atoms with van der Waals surface area (Å²) in [6.07, 6.45) is 0. The van der Waals surface area contributed by atoms with Crippen LogP contribution in [0.15, 0.2) is 10.2 Å². The van der Waals surface area contributed by atoms with Gasteiger partial charge in [0.15, 0.2) is 0 Å². The third kappa shape index (κ3) is 7.52. The Morgan fingerprint density at radius 2 is 1.90 bits per heavy atom. The van der Waals surface area contributed by atoms with Crippen molar-refractivity contribution in [3.8, 4) is 0 Å². The molecular weight excluding hydrogens is 132 g/mol. The van der Waals surface area contributed by atoms with Crippen LogP contribution in [0, 0.1) is 0 Å². The van der Waals surface area contributed by atoms with E-state index in [1.54, 1.807) is 13.8 Å². The van der Waals surface area contributed by atoms with Crippen molar-refractivity contribution in [1.82, 2.24) is 0 Å². The van der Waals surface area contributed by atoms with Gasteiger partial charge in [-0.25, -0.2) is 0 Å². The van der Waals surface area contributed by atoms with Gasteiger partial charge in [0.2, 0.25) is 0 Å². The number of azo groups is 1. The van der Waals surface area contributed by atoms with E-state index in [1.165, 1.54) is 0 Å². The molecule has 0 saturated heterocycles. The first-order valence-electron chi connectivity index (χ1n) is 3.23. The van der Waals surface area contributed by atoms with Crippen molar-refractivity contribution in [1.29, 1.82) is 0 Å². The second-order valence-corrected chi connectivity index (χ2v) is 2.70. The average molecular weight is 146 g/mol. The molecule has 2 N–H and O–H groups in total. The fraction of sp³-hybridized carbons (Fsp3) is 1.00. The highest BCUT2D eigenvalue weighted by Gasteiger charge is 2.10. The maximum Gasteiger partial charge on any atom is 0.0881 e. The van der Waals surface area contributed by atoms with Gasteiger partial charge in [0, 0.05) is 0 Å². The molecule has 0 spiro atoms. The molecule has 0 aromatic carbocycles. The van der Waals surface area contributed by atoms with E-state index in [-0.39, 0.29) is 13.2 Å². The van der Waals surface area contributed by atoms with Gasteiger partial charge in [-0.15, -0.1) is 0 Å². The number of hydrogen-bond acceptors (Lipinski definition) is 4. The van der Waals surface area contributed by atoms with Crippen molar-refractivity contribution in [2.45, 2.75) is 19.4 Å². The van der Waals surface area contributed by atoms with Crippen molar-refractivity contribution < 1.29 is 10.2 Å². The molecule has 0 aromatic heterocycles. The Kier molecular flexibility index (Phi) is 4.14. The van der Waals surface area contributed by atoms with Gasteiger partial charge >= 0.3 is 0 Å². The first-order valence-corrected chi connectivity index (χ1v) is 3.23. The van der Waals surface area contributed by atoms with Crippen LogP contribution in [0.25, 0.3) is 0 Å². The van der Waals surface area contributed by atoms with Crippen LogP contribution in [0.5, 0.6) is 0 Å². The average Bonchev–Trinajstić information content (AvgIpc) is 1.78. The maximum absolute atomic E-state index is 9.10. The Morgan fingerprint density at radius 1 is 1.30 bits per heavy atom. The summed E-state index contributed by atoms with van der Waals surface area (Å²) in [4.78, 5) is 0. The van der Waals surface area contributed by atoms with Crippen LogP contribution in [0.2, 0.25) is 0 Å². The molecule has 0 radical (unpaired) electrons. The highest BCUT2D eigenvalue weighted by molar-refractivity contribution is 4.66. The normalized spacial score (nSPS) is 12.8. The molecular formula is C6H14N2O2. The SMILES string of the molecule is CC(C)(O)CN=NCCO. The Hall–Kier alpha value is -0.480. The zero-order valence-electron chi connectivity index (χ0n) is 6.41. The molecule has 0 amide bonds. The fourth-order valence-corrected chi connectivity index (χ4v) is 0.338. The van der Waals surface area contributed by atoms with E-state index in [0.717, 1.165) is 0 Å². The lowest BCUT2D eigenvalue weighted by atomic mass is 10.1. The third-order valence-corrected chi connectivity index (χ3v) is 0.758. The monoisotopic (exact) mass is 146 g/mol. The quantitative estimate of drug-likeness (QED) is 0.556. The first-order chi connectivity index (χ1) is 4.56. The molecule has 0 unspecified atom stereocenters. The second kappa shape index (κ2) is 4.35. The van der Waals surface area contributed by atoms with Crippen molar-refractivity contribution >= 4 is 0 Å². The van der Waals surface area contributed by atoms with Crippen LogP contribution in [-0.4, -0.2) is 35.5 Å². The molecule has 0 aromatic rings. The highest BCUT2D eigenvalue weighted by Crippen LogP contribution is 2.00. The van der Waals surface area contributed by atoms with E-state index in [9.17, 15) is 0 Å². The van der Waals surface area contributed by atoms with E-state index >= 15 is 0 Å². The Labute approximate surface area is 60.6 Å². The van der Waals surface area contributed by atoms with Gasteiger partial charge in [0.25, 0.3) is 0 Å². The minimum absolute atomic E-state index is 0.00928. The largest absolute Gasteiger partial charge is 0.394 e. The molecule has 60 valence electrons. The first kappa shape index (κ1) is 9.52. The molecule has 0 aliphatic carbocycles. The maximum atomic E-state index is 9.10. The molecule has 4 heteroatoms. The van der Waals surface area contributed by atoms with Gasteiger partial charge in [0.05, 0.1) is 25.3 Å². The van der Waals surface area contributed by atoms with Crippen molar-refractivity contribution in [3.05, 3.63) is 0 Å². The number of hydrogen-bond donors (Lipinski definition) is 2. The molecule has 0 rings (SSSR count). The molecule has 0 heterocycles. The number of rotatable bonds is 4. The third-order valence-electron chi connectivity index (χ3n) is 0.758. The number of nitrogens with zero attached hydrogens (tertiary/aromatic N) is 2. The molecule has 0 saturated carbocycles. The molecule has 0 aliphatic rings. The van der Waals surface area contributed by atoms with Crippen molar-refractivity contribution in [3.63, 3.8) is 0 Å². The molecule has 0 atom stereocenters. The van der Waals surface area contributed by atoms with Crippen LogP contribution in [0.3, 0.4) is 0 Å². The predicted octanol–water partition coefficient (Wildman–Crippen LogP) is 0.202. The summed E-state index contributed by atoms with van der Waals surface area (Å²) >= 11 is 0. The van der Waals surface area contributed by atoms with Gasteiger partial charge in [-0.1, -0.05) is 0 Å². The highest BCUT2D eigenvalue weighted by atomic mass is 16.3. The second-order valence-electron chi connectivity index (χ2n) is 2.70. The summed E-state index contributed by atoms with van der Waals surface area (Å²) in [5.74, 6) is 0. The molecule has 0 fully saturated rings. The topological polar surface area (TPSA) is 65.2 Å². The summed E-state index contributed by atoms with van der Waals surface area (Å²) in [5.41, 5.74) is -0.793. The zero-order valence-corrected chi connectivity index (χ0v) is 6.41. The van der Waals surface area contributed by atoms with Crippen LogP contribution in [0.4, 0.5) is 0 Å².